The first-order valence-electron chi connectivity index (χ1n) is 6.76. The van der Waals surface area contributed by atoms with Crippen LogP contribution in [0.3, 0.4) is 0 Å². The summed E-state index contributed by atoms with van der Waals surface area (Å²) < 4.78 is 10.4. The Kier molecular flexibility index (Phi) is 3.96. The molecule has 0 saturated heterocycles. The summed E-state index contributed by atoms with van der Waals surface area (Å²) in [5.41, 5.74) is 2.18. The lowest BCUT2D eigenvalue weighted by atomic mass is 10.1. The van der Waals surface area contributed by atoms with E-state index in [1.54, 1.807) is 31.5 Å². The maximum Gasteiger partial charge on any atom is 0.338 e. The molecule has 0 saturated carbocycles. The van der Waals surface area contributed by atoms with Crippen molar-refractivity contribution in [2.24, 2.45) is 0 Å². The number of hydrogen-bond donors (Lipinski definition) is 0. The molecular weight excluding hydrogens is 280 g/mol. The van der Waals surface area contributed by atoms with Crippen molar-refractivity contribution < 1.29 is 14.3 Å². The van der Waals surface area contributed by atoms with Gasteiger partial charge in [-0.2, -0.15) is 0 Å². The van der Waals surface area contributed by atoms with Gasteiger partial charge in [-0.05, 0) is 35.9 Å². The van der Waals surface area contributed by atoms with Crippen LogP contribution in [-0.2, 0) is 11.3 Å². The Balaban J connectivity index is 1.69. The van der Waals surface area contributed by atoms with Gasteiger partial charge in [-0.3, -0.25) is 0 Å². The fourth-order valence-corrected chi connectivity index (χ4v) is 2.07. The van der Waals surface area contributed by atoms with Crippen molar-refractivity contribution in [3.63, 3.8) is 0 Å². The van der Waals surface area contributed by atoms with Gasteiger partial charge in [0.15, 0.2) is 0 Å². The zero-order valence-electron chi connectivity index (χ0n) is 12.0. The van der Waals surface area contributed by atoms with Gasteiger partial charge in [-0.15, -0.1) is 0 Å². The third-order valence-corrected chi connectivity index (χ3v) is 3.27. The summed E-state index contributed by atoms with van der Waals surface area (Å²) in [5.74, 6) is 0.395. The summed E-state index contributed by atoms with van der Waals surface area (Å²) in [6.45, 7) is 0.214. The molecule has 0 amide bonds. The van der Waals surface area contributed by atoms with E-state index in [9.17, 15) is 4.79 Å². The number of esters is 1. The molecule has 0 aliphatic heterocycles. The molecule has 0 fully saturated rings. The van der Waals surface area contributed by atoms with Gasteiger partial charge in [-0.1, -0.05) is 12.1 Å². The molecule has 2 aromatic carbocycles. The van der Waals surface area contributed by atoms with Crippen molar-refractivity contribution in [3.8, 4) is 5.75 Å². The van der Waals surface area contributed by atoms with Crippen molar-refractivity contribution in [1.82, 2.24) is 9.97 Å². The van der Waals surface area contributed by atoms with Crippen LogP contribution < -0.4 is 4.74 Å². The van der Waals surface area contributed by atoms with Gasteiger partial charge < -0.3 is 9.47 Å². The number of hydrogen-bond acceptors (Lipinski definition) is 5. The molecule has 0 atom stereocenters. The van der Waals surface area contributed by atoms with Crippen molar-refractivity contribution in [2.45, 2.75) is 6.61 Å². The minimum absolute atomic E-state index is 0.214. The Morgan fingerprint density at radius 2 is 1.95 bits per heavy atom. The van der Waals surface area contributed by atoms with Crippen molar-refractivity contribution in [3.05, 3.63) is 66.1 Å². The standard InChI is InChI=1S/C17H14N2O3/c1-21-15-5-2-12(3-6-15)10-22-17(20)13-4-7-16-14(8-13)9-18-11-19-16/h2-9,11H,10H2,1H3. The number of aromatic nitrogens is 2. The first kappa shape index (κ1) is 14.0. The molecule has 1 heterocycles. The molecule has 0 radical (unpaired) electrons. The largest absolute Gasteiger partial charge is 0.497 e. The van der Waals surface area contributed by atoms with E-state index in [1.807, 2.05) is 24.3 Å². The van der Waals surface area contributed by atoms with Gasteiger partial charge in [-0.25, -0.2) is 14.8 Å². The van der Waals surface area contributed by atoms with E-state index in [1.165, 1.54) is 6.33 Å². The van der Waals surface area contributed by atoms with Gasteiger partial charge in [0, 0.05) is 11.6 Å². The predicted octanol–water partition coefficient (Wildman–Crippen LogP) is 3.00. The van der Waals surface area contributed by atoms with E-state index in [0.717, 1.165) is 22.2 Å². The molecule has 3 rings (SSSR count). The van der Waals surface area contributed by atoms with Crippen LogP contribution in [0.1, 0.15) is 15.9 Å². The Morgan fingerprint density at radius 1 is 1.14 bits per heavy atom. The van der Waals surface area contributed by atoms with Crippen molar-refractivity contribution in [1.29, 1.82) is 0 Å². The second-order valence-electron chi connectivity index (χ2n) is 4.72. The van der Waals surface area contributed by atoms with E-state index in [0.29, 0.717) is 5.56 Å². The Hall–Kier alpha value is -2.95. The molecule has 0 bridgehead atoms. The normalized spacial score (nSPS) is 10.4. The molecule has 0 N–H and O–H groups in total. The van der Waals surface area contributed by atoms with Gasteiger partial charge in [0.1, 0.15) is 18.7 Å². The number of methoxy groups -OCH3 is 1. The molecular formula is C17H14N2O3. The lowest BCUT2D eigenvalue weighted by Crippen LogP contribution is -2.05. The highest BCUT2D eigenvalue weighted by molar-refractivity contribution is 5.94. The van der Waals surface area contributed by atoms with E-state index in [2.05, 4.69) is 9.97 Å². The highest BCUT2D eigenvalue weighted by Crippen LogP contribution is 2.15. The zero-order valence-corrected chi connectivity index (χ0v) is 12.0. The average Bonchev–Trinajstić information content (AvgIpc) is 2.59. The Bertz CT molecular complexity index is 800. The van der Waals surface area contributed by atoms with E-state index in [-0.39, 0.29) is 12.6 Å². The molecule has 22 heavy (non-hydrogen) atoms. The number of benzene rings is 2. The number of ether oxygens (including phenoxy) is 2. The minimum atomic E-state index is -0.374. The van der Waals surface area contributed by atoms with E-state index in [4.69, 9.17) is 9.47 Å². The highest BCUT2D eigenvalue weighted by atomic mass is 16.5. The van der Waals surface area contributed by atoms with Crippen LogP contribution in [0.2, 0.25) is 0 Å². The zero-order chi connectivity index (χ0) is 15.4. The van der Waals surface area contributed by atoms with Gasteiger partial charge in [0.25, 0.3) is 0 Å². The van der Waals surface area contributed by atoms with E-state index >= 15 is 0 Å². The van der Waals surface area contributed by atoms with Crippen LogP contribution in [-0.4, -0.2) is 23.0 Å². The molecule has 110 valence electrons. The summed E-state index contributed by atoms with van der Waals surface area (Å²) >= 11 is 0. The van der Waals surface area contributed by atoms with Crippen molar-refractivity contribution in [2.75, 3.05) is 7.11 Å². The van der Waals surface area contributed by atoms with Crippen molar-refractivity contribution >= 4 is 16.9 Å². The fourth-order valence-electron chi connectivity index (χ4n) is 2.07. The molecule has 5 nitrogen and oxygen atoms in total. The van der Waals surface area contributed by atoms with Crippen LogP contribution in [0.15, 0.2) is 55.0 Å². The molecule has 3 aromatic rings. The summed E-state index contributed by atoms with van der Waals surface area (Å²) in [5, 5.41) is 0.807. The fraction of sp³-hybridized carbons (Fsp3) is 0.118. The molecule has 0 aliphatic rings. The lowest BCUT2D eigenvalue weighted by Gasteiger charge is -2.06. The number of fused-ring (bicyclic) bond motifs is 1. The maximum atomic E-state index is 12.1. The Labute approximate surface area is 127 Å². The quantitative estimate of drug-likeness (QED) is 0.692. The average molecular weight is 294 g/mol. The summed E-state index contributed by atoms with van der Waals surface area (Å²) in [6, 6.07) is 12.6. The van der Waals surface area contributed by atoms with Crippen LogP contribution in [0, 0.1) is 0 Å². The SMILES string of the molecule is COc1ccc(COC(=O)c2ccc3ncncc3c2)cc1. The third kappa shape index (κ3) is 3.03. The third-order valence-electron chi connectivity index (χ3n) is 3.27. The number of rotatable bonds is 4. The predicted molar refractivity (Wildman–Crippen MR) is 81.7 cm³/mol. The first-order valence-corrected chi connectivity index (χ1v) is 6.76. The van der Waals surface area contributed by atoms with Crippen LogP contribution in [0.25, 0.3) is 10.9 Å². The second-order valence-corrected chi connectivity index (χ2v) is 4.72. The number of carbonyl (C=O) groups excluding carboxylic acids is 1. The van der Waals surface area contributed by atoms with Gasteiger partial charge in [0.05, 0.1) is 18.2 Å². The first-order chi connectivity index (χ1) is 10.8. The molecule has 0 aliphatic carbocycles. The van der Waals surface area contributed by atoms with Gasteiger partial charge >= 0.3 is 5.97 Å². The molecule has 5 heteroatoms. The minimum Gasteiger partial charge on any atom is -0.497 e. The smallest absolute Gasteiger partial charge is 0.338 e. The Morgan fingerprint density at radius 3 is 2.73 bits per heavy atom. The summed E-state index contributed by atoms with van der Waals surface area (Å²) in [4.78, 5) is 20.2. The molecule has 1 aromatic heterocycles. The number of nitrogens with zero attached hydrogens (tertiary/aromatic N) is 2. The summed E-state index contributed by atoms with van der Waals surface area (Å²) in [6.07, 6.45) is 3.15. The van der Waals surface area contributed by atoms with E-state index < -0.39 is 0 Å². The number of carbonyl (C=O) groups is 1. The van der Waals surface area contributed by atoms with Gasteiger partial charge in [0.2, 0.25) is 0 Å². The monoisotopic (exact) mass is 294 g/mol. The molecule has 0 spiro atoms. The summed E-state index contributed by atoms with van der Waals surface area (Å²) in [7, 11) is 1.61. The van der Waals surface area contributed by atoms with Crippen LogP contribution in [0.5, 0.6) is 5.75 Å². The molecule has 0 unspecified atom stereocenters. The highest BCUT2D eigenvalue weighted by Gasteiger charge is 2.08. The van der Waals surface area contributed by atoms with Crippen LogP contribution >= 0.6 is 0 Å². The maximum absolute atomic E-state index is 12.1. The second kappa shape index (κ2) is 6.22. The van der Waals surface area contributed by atoms with Crippen LogP contribution in [0.4, 0.5) is 0 Å². The topological polar surface area (TPSA) is 61.3 Å². The lowest BCUT2D eigenvalue weighted by molar-refractivity contribution is 0.0473.